The molecule has 0 saturated heterocycles. The van der Waals surface area contributed by atoms with E-state index < -0.39 is 0 Å². The Balaban J connectivity index is 0.00000289. The van der Waals surface area contributed by atoms with E-state index in [0.717, 1.165) is 5.69 Å². The second-order valence-electron chi connectivity index (χ2n) is 7.18. The van der Waals surface area contributed by atoms with E-state index in [1.807, 2.05) is 30.3 Å². The van der Waals surface area contributed by atoms with E-state index >= 15 is 0 Å². The van der Waals surface area contributed by atoms with Crippen LogP contribution in [-0.2, 0) is 11.3 Å². The van der Waals surface area contributed by atoms with Crippen LogP contribution in [0.3, 0.4) is 0 Å². The number of nitrogens with zero attached hydrogens (tertiary/aromatic N) is 3. The quantitative estimate of drug-likeness (QED) is 0.549. The molecule has 1 atom stereocenters. The molecule has 0 aliphatic carbocycles. The molecule has 2 N–H and O–H groups in total. The van der Waals surface area contributed by atoms with E-state index in [1.54, 1.807) is 60.2 Å². The maximum atomic E-state index is 13.5. The van der Waals surface area contributed by atoms with Gasteiger partial charge in [-0.25, -0.2) is 9.78 Å². The lowest BCUT2D eigenvalue weighted by atomic mass is 10.1. The van der Waals surface area contributed by atoms with Gasteiger partial charge < -0.3 is 10.6 Å². The predicted octanol–water partition coefficient (Wildman–Crippen LogP) is 4.98. The fourth-order valence-electron chi connectivity index (χ4n) is 3.34. The number of fused-ring (bicyclic) bond motifs is 1. The third kappa shape index (κ3) is 4.70. The Labute approximate surface area is 197 Å². The molecule has 0 unspecified atom stereocenters. The van der Waals surface area contributed by atoms with Gasteiger partial charge in [-0.2, -0.15) is 0 Å². The Morgan fingerprint density at radius 1 is 1.03 bits per heavy atom. The van der Waals surface area contributed by atoms with Crippen LogP contribution in [0.25, 0.3) is 0 Å². The van der Waals surface area contributed by atoms with E-state index in [0.29, 0.717) is 27.9 Å². The highest BCUT2D eigenvalue weighted by Crippen LogP contribution is 2.37. The Morgan fingerprint density at radius 3 is 2.38 bits per heavy atom. The summed E-state index contributed by atoms with van der Waals surface area (Å²) < 4.78 is 0. The standard InChI is InChI=1S/C23H22ClN5O2.ClH/c1-15(25-2)22(30)27-21-13-12-20-19(26-21)14-28(17-6-4-3-5-7-17)23(31)29(20)18-10-8-16(24)9-11-18;/h3-13,15,25H,14H2,1-2H3,(H,26,27,30);1H/t15-;/m0./s1. The molecule has 0 spiro atoms. The first kappa shape index (κ1) is 23.5. The fourth-order valence-corrected chi connectivity index (χ4v) is 3.47. The van der Waals surface area contributed by atoms with E-state index in [-0.39, 0.29) is 36.9 Å². The summed E-state index contributed by atoms with van der Waals surface area (Å²) in [5, 5.41) is 6.31. The van der Waals surface area contributed by atoms with Gasteiger partial charge in [-0.05, 0) is 62.5 Å². The van der Waals surface area contributed by atoms with Crippen molar-refractivity contribution in [2.24, 2.45) is 0 Å². The highest BCUT2D eigenvalue weighted by molar-refractivity contribution is 6.30. The van der Waals surface area contributed by atoms with Gasteiger partial charge >= 0.3 is 6.03 Å². The van der Waals surface area contributed by atoms with Crippen molar-refractivity contribution in [1.82, 2.24) is 10.3 Å². The molecule has 1 aliphatic heterocycles. The molecule has 4 rings (SSSR count). The number of nitrogens with one attached hydrogen (secondary N) is 2. The molecule has 3 aromatic rings. The van der Waals surface area contributed by atoms with Crippen LogP contribution in [0.4, 0.5) is 27.7 Å². The van der Waals surface area contributed by atoms with Gasteiger partial charge in [0.1, 0.15) is 5.82 Å². The fraction of sp³-hybridized carbons (Fsp3) is 0.174. The summed E-state index contributed by atoms with van der Waals surface area (Å²) in [6, 6.07) is 19.5. The van der Waals surface area contributed by atoms with Crippen molar-refractivity contribution in [3.05, 3.63) is 77.4 Å². The lowest BCUT2D eigenvalue weighted by Gasteiger charge is -2.36. The summed E-state index contributed by atoms with van der Waals surface area (Å²) in [6.45, 7) is 2.05. The van der Waals surface area contributed by atoms with Gasteiger partial charge in [-0.3, -0.25) is 14.6 Å². The van der Waals surface area contributed by atoms with E-state index in [1.165, 1.54) is 0 Å². The zero-order valence-corrected chi connectivity index (χ0v) is 19.2. The molecule has 0 radical (unpaired) electrons. The molecule has 2 heterocycles. The number of aromatic nitrogens is 1. The number of hydrogen-bond donors (Lipinski definition) is 2. The zero-order valence-electron chi connectivity index (χ0n) is 17.6. The van der Waals surface area contributed by atoms with Crippen molar-refractivity contribution in [2.45, 2.75) is 19.5 Å². The van der Waals surface area contributed by atoms with Crippen molar-refractivity contribution >= 4 is 58.8 Å². The normalized spacial score (nSPS) is 13.8. The van der Waals surface area contributed by atoms with Crippen molar-refractivity contribution in [3.8, 4) is 0 Å². The third-order valence-corrected chi connectivity index (χ3v) is 5.40. The second-order valence-corrected chi connectivity index (χ2v) is 7.61. The molecule has 0 fully saturated rings. The maximum Gasteiger partial charge on any atom is 0.334 e. The van der Waals surface area contributed by atoms with E-state index in [2.05, 4.69) is 15.6 Å². The van der Waals surface area contributed by atoms with Gasteiger partial charge in [0.05, 0.1) is 29.7 Å². The van der Waals surface area contributed by atoms with Gasteiger partial charge in [-0.1, -0.05) is 29.8 Å². The number of amides is 3. The molecule has 2 aromatic carbocycles. The zero-order chi connectivity index (χ0) is 22.0. The van der Waals surface area contributed by atoms with Crippen molar-refractivity contribution in [1.29, 1.82) is 0 Å². The van der Waals surface area contributed by atoms with Crippen LogP contribution < -0.4 is 20.4 Å². The Hall–Kier alpha value is -3.13. The van der Waals surface area contributed by atoms with Gasteiger partial charge in [0, 0.05) is 10.7 Å². The number of halogens is 2. The van der Waals surface area contributed by atoms with E-state index in [9.17, 15) is 9.59 Å². The molecular formula is C23H23Cl2N5O2. The number of rotatable bonds is 5. The third-order valence-electron chi connectivity index (χ3n) is 5.15. The number of likely N-dealkylation sites (N-methyl/N-ethyl adjacent to an activating group) is 1. The van der Waals surface area contributed by atoms with Crippen LogP contribution in [0.1, 0.15) is 12.6 Å². The van der Waals surface area contributed by atoms with Crippen LogP contribution >= 0.6 is 24.0 Å². The first-order valence-electron chi connectivity index (χ1n) is 9.88. The first-order chi connectivity index (χ1) is 15.0. The molecule has 0 bridgehead atoms. The summed E-state index contributed by atoms with van der Waals surface area (Å²) in [7, 11) is 1.72. The maximum absolute atomic E-state index is 13.5. The minimum atomic E-state index is -0.356. The lowest BCUT2D eigenvalue weighted by Crippen LogP contribution is -2.45. The van der Waals surface area contributed by atoms with Crippen molar-refractivity contribution in [2.75, 3.05) is 22.2 Å². The highest BCUT2D eigenvalue weighted by atomic mass is 35.5. The number of para-hydroxylation sites is 1. The number of benzene rings is 2. The molecular weight excluding hydrogens is 449 g/mol. The molecule has 32 heavy (non-hydrogen) atoms. The molecule has 3 amide bonds. The summed E-state index contributed by atoms with van der Waals surface area (Å²) in [5.74, 6) is 0.251. The van der Waals surface area contributed by atoms with Crippen LogP contribution in [-0.4, -0.2) is 30.0 Å². The van der Waals surface area contributed by atoms with Crippen LogP contribution in [0, 0.1) is 0 Å². The largest absolute Gasteiger partial charge is 0.334 e. The molecule has 1 aliphatic rings. The summed E-state index contributed by atoms with van der Waals surface area (Å²) in [6.07, 6.45) is 0. The average molecular weight is 472 g/mol. The molecule has 0 saturated carbocycles. The predicted molar refractivity (Wildman–Crippen MR) is 130 cm³/mol. The molecule has 1 aromatic heterocycles. The number of carbonyl (C=O) groups is 2. The van der Waals surface area contributed by atoms with Gasteiger partial charge in [0.25, 0.3) is 0 Å². The topological polar surface area (TPSA) is 77.6 Å². The van der Waals surface area contributed by atoms with Gasteiger partial charge in [-0.15, -0.1) is 12.4 Å². The monoisotopic (exact) mass is 471 g/mol. The minimum Gasteiger partial charge on any atom is -0.309 e. The van der Waals surface area contributed by atoms with E-state index in [4.69, 9.17) is 11.6 Å². The van der Waals surface area contributed by atoms with Crippen molar-refractivity contribution in [3.63, 3.8) is 0 Å². The Morgan fingerprint density at radius 2 is 1.72 bits per heavy atom. The van der Waals surface area contributed by atoms with Gasteiger partial charge in [0.2, 0.25) is 5.91 Å². The van der Waals surface area contributed by atoms with Gasteiger partial charge in [0.15, 0.2) is 0 Å². The Kier molecular flexibility index (Phi) is 7.35. The van der Waals surface area contributed by atoms with Crippen LogP contribution in [0.2, 0.25) is 5.02 Å². The first-order valence-corrected chi connectivity index (χ1v) is 10.3. The second kappa shape index (κ2) is 9.99. The summed E-state index contributed by atoms with van der Waals surface area (Å²) >= 11 is 6.05. The number of urea groups is 1. The Bertz CT molecular complexity index is 1110. The highest BCUT2D eigenvalue weighted by Gasteiger charge is 2.33. The number of carbonyl (C=O) groups excluding carboxylic acids is 2. The summed E-state index contributed by atoms with van der Waals surface area (Å²) in [5.41, 5.74) is 2.78. The molecule has 9 heteroatoms. The smallest absolute Gasteiger partial charge is 0.309 e. The average Bonchev–Trinajstić information content (AvgIpc) is 2.79. The SMILES string of the molecule is CN[C@@H](C)C(=O)Nc1ccc2c(n1)CN(c1ccccc1)C(=O)N2c1ccc(Cl)cc1.Cl. The molecule has 166 valence electrons. The summed E-state index contributed by atoms with van der Waals surface area (Å²) in [4.78, 5) is 33.7. The minimum absolute atomic E-state index is 0. The molecule has 7 nitrogen and oxygen atoms in total. The van der Waals surface area contributed by atoms with Crippen LogP contribution in [0.5, 0.6) is 0 Å². The number of hydrogen-bond acceptors (Lipinski definition) is 4. The number of anilines is 4. The van der Waals surface area contributed by atoms with Crippen LogP contribution in [0.15, 0.2) is 66.7 Å². The number of pyridine rings is 1. The van der Waals surface area contributed by atoms with Crippen molar-refractivity contribution < 1.29 is 9.59 Å². The lowest BCUT2D eigenvalue weighted by molar-refractivity contribution is -0.117.